The molecule has 0 bridgehead atoms. The fraction of sp³-hybridized carbons (Fsp3) is 0.969. The quantitative estimate of drug-likeness (QED) is 0.512. The first-order valence-corrected chi connectivity index (χ1v) is 15.7. The molecule has 6 fully saturated rings. The largest absolute Gasteiger partial charge is 0.352 e. The number of hydrogen-bond acceptors (Lipinski definition) is 4. The highest BCUT2D eigenvalue weighted by Gasteiger charge is 2.74. The minimum Gasteiger partial charge on any atom is -0.352 e. The maximum atomic E-state index is 12.5. The molecule has 210 valence electrons. The van der Waals surface area contributed by atoms with E-state index in [2.05, 4.69) is 39.9 Å². The Balaban J connectivity index is 1.18. The summed E-state index contributed by atoms with van der Waals surface area (Å²) in [5, 5.41) is 3.37. The SMILES string of the molecule is C[C@H]1CC[C@@]2(OC1)O[C@H]1C[C@H]3[C@@H]4CC[C@@H]5C[C@H](NC(=O)CN(C)C)CC[C@]5(C)[C@H]4CC[C@]3(C)[C@@]1(C)[C@@H]2C. The molecule has 1 N–H and O–H groups in total. The van der Waals surface area contributed by atoms with E-state index in [1.807, 2.05) is 19.0 Å². The van der Waals surface area contributed by atoms with Gasteiger partial charge in [0.2, 0.25) is 5.91 Å². The fourth-order valence-electron chi connectivity index (χ4n) is 11.3. The van der Waals surface area contributed by atoms with E-state index in [0.717, 1.165) is 43.1 Å². The Labute approximate surface area is 226 Å². The normalized spacial score (nSPS) is 54.9. The van der Waals surface area contributed by atoms with E-state index in [4.69, 9.17) is 9.47 Å². The van der Waals surface area contributed by atoms with Crippen LogP contribution in [0.15, 0.2) is 0 Å². The Bertz CT molecular complexity index is 898. The van der Waals surface area contributed by atoms with Crippen LogP contribution in [-0.4, -0.2) is 56.0 Å². The van der Waals surface area contributed by atoms with Crippen molar-refractivity contribution in [2.24, 2.45) is 51.8 Å². The second-order valence-electron chi connectivity index (χ2n) is 15.5. The Morgan fingerprint density at radius 2 is 1.73 bits per heavy atom. The van der Waals surface area contributed by atoms with Crippen LogP contribution in [0.1, 0.15) is 98.8 Å². The van der Waals surface area contributed by atoms with Crippen LogP contribution in [0.2, 0.25) is 0 Å². The molecule has 2 heterocycles. The van der Waals surface area contributed by atoms with E-state index < -0.39 is 0 Å². The van der Waals surface area contributed by atoms with Crippen LogP contribution in [0, 0.1) is 51.8 Å². The molecule has 2 saturated heterocycles. The average Bonchev–Trinajstić information content (AvgIpc) is 3.19. The van der Waals surface area contributed by atoms with Crippen molar-refractivity contribution in [3.8, 4) is 0 Å². The Hall–Kier alpha value is -0.650. The van der Waals surface area contributed by atoms with Gasteiger partial charge in [0.05, 0.1) is 19.3 Å². The lowest BCUT2D eigenvalue weighted by Crippen LogP contribution is -2.58. The van der Waals surface area contributed by atoms with Gasteiger partial charge >= 0.3 is 0 Å². The first-order chi connectivity index (χ1) is 17.4. The zero-order valence-electron chi connectivity index (χ0n) is 24.8. The van der Waals surface area contributed by atoms with Gasteiger partial charge in [-0.1, -0.05) is 34.6 Å². The summed E-state index contributed by atoms with van der Waals surface area (Å²) in [6.07, 6.45) is 12.9. The number of rotatable bonds is 3. The molecule has 4 saturated carbocycles. The van der Waals surface area contributed by atoms with Crippen LogP contribution in [0.3, 0.4) is 0 Å². The number of amides is 1. The summed E-state index contributed by atoms with van der Waals surface area (Å²) in [4.78, 5) is 14.4. The van der Waals surface area contributed by atoms with Gasteiger partial charge in [0.1, 0.15) is 0 Å². The van der Waals surface area contributed by atoms with Gasteiger partial charge in [0.15, 0.2) is 5.79 Å². The number of nitrogens with zero attached hydrogens (tertiary/aromatic N) is 1. The van der Waals surface area contributed by atoms with E-state index in [0.29, 0.717) is 41.4 Å². The fourth-order valence-corrected chi connectivity index (χ4v) is 11.3. The predicted octanol–water partition coefficient (Wildman–Crippen LogP) is 5.87. The van der Waals surface area contributed by atoms with E-state index in [1.165, 1.54) is 51.4 Å². The van der Waals surface area contributed by atoms with Gasteiger partial charge in [-0.2, -0.15) is 0 Å². The van der Waals surface area contributed by atoms with Crippen molar-refractivity contribution in [3.63, 3.8) is 0 Å². The number of fused-ring (bicyclic) bond motifs is 7. The van der Waals surface area contributed by atoms with Crippen molar-refractivity contribution in [3.05, 3.63) is 0 Å². The van der Waals surface area contributed by atoms with Crippen molar-refractivity contribution in [2.45, 2.75) is 117 Å². The first kappa shape index (κ1) is 26.6. The summed E-state index contributed by atoms with van der Waals surface area (Å²) >= 11 is 0. The van der Waals surface area contributed by atoms with E-state index >= 15 is 0 Å². The van der Waals surface area contributed by atoms with E-state index in [9.17, 15) is 4.79 Å². The minimum atomic E-state index is -0.338. The third kappa shape index (κ3) is 3.75. The smallest absolute Gasteiger partial charge is 0.234 e. The van der Waals surface area contributed by atoms with Gasteiger partial charge in [-0.25, -0.2) is 0 Å². The van der Waals surface area contributed by atoms with Crippen molar-refractivity contribution in [1.29, 1.82) is 0 Å². The molecule has 1 spiro atoms. The lowest BCUT2D eigenvalue weighted by molar-refractivity contribution is -0.273. The van der Waals surface area contributed by atoms with E-state index in [-0.39, 0.29) is 17.1 Å². The van der Waals surface area contributed by atoms with Crippen LogP contribution in [-0.2, 0) is 14.3 Å². The Morgan fingerprint density at radius 1 is 0.946 bits per heavy atom. The standard InChI is InChI=1S/C32H54N2O3/c1-20-10-15-32(36-19-20)21(2)31(5)27(37-32)17-26-24-9-8-22-16-23(33-28(35)18-34(6)7)11-13-29(22,3)25(24)12-14-30(26,31)4/h20-27H,8-19H2,1-7H3,(H,33,35)/t20-,21-,22+,23+,24+,25-,26-,27-,29-,30-,31-,32+/m0/s1. The van der Waals surface area contributed by atoms with Gasteiger partial charge in [0, 0.05) is 23.8 Å². The molecule has 2 aliphatic heterocycles. The van der Waals surface area contributed by atoms with Crippen LogP contribution >= 0.6 is 0 Å². The summed E-state index contributed by atoms with van der Waals surface area (Å²) in [5.41, 5.74) is 0.978. The van der Waals surface area contributed by atoms with Crippen molar-refractivity contribution >= 4 is 5.91 Å². The molecule has 4 aliphatic carbocycles. The molecule has 0 aromatic heterocycles. The molecule has 0 radical (unpaired) electrons. The lowest BCUT2D eigenvalue weighted by atomic mass is 9.42. The van der Waals surface area contributed by atoms with Gasteiger partial charge in [-0.15, -0.1) is 0 Å². The summed E-state index contributed by atoms with van der Waals surface area (Å²) in [6, 6.07) is 0.365. The molecule has 6 aliphatic rings. The molecule has 1 amide bonds. The molecule has 37 heavy (non-hydrogen) atoms. The van der Waals surface area contributed by atoms with Crippen LogP contribution in [0.25, 0.3) is 0 Å². The second kappa shape index (κ2) is 8.93. The van der Waals surface area contributed by atoms with Crippen LogP contribution in [0.4, 0.5) is 0 Å². The van der Waals surface area contributed by atoms with E-state index in [1.54, 1.807) is 0 Å². The number of nitrogens with one attached hydrogen (secondary N) is 1. The highest BCUT2D eigenvalue weighted by molar-refractivity contribution is 5.78. The van der Waals surface area contributed by atoms with Gasteiger partial charge in [-0.3, -0.25) is 4.79 Å². The summed E-state index contributed by atoms with van der Waals surface area (Å²) < 4.78 is 13.6. The number of ether oxygens (including phenoxy) is 2. The first-order valence-electron chi connectivity index (χ1n) is 15.7. The number of carbonyl (C=O) groups excluding carboxylic acids is 1. The van der Waals surface area contributed by atoms with Crippen molar-refractivity contribution in [1.82, 2.24) is 10.2 Å². The topological polar surface area (TPSA) is 50.8 Å². The molecule has 12 atom stereocenters. The maximum Gasteiger partial charge on any atom is 0.234 e. The predicted molar refractivity (Wildman–Crippen MR) is 147 cm³/mol. The lowest BCUT2D eigenvalue weighted by Gasteiger charge is -2.62. The van der Waals surface area contributed by atoms with Crippen LogP contribution < -0.4 is 5.32 Å². The molecule has 5 heteroatoms. The Morgan fingerprint density at radius 3 is 2.43 bits per heavy atom. The number of hydrogen-bond donors (Lipinski definition) is 1. The molecule has 6 rings (SSSR count). The molecule has 0 unspecified atom stereocenters. The highest BCUT2D eigenvalue weighted by atomic mass is 16.7. The van der Waals surface area contributed by atoms with Crippen LogP contribution in [0.5, 0.6) is 0 Å². The monoisotopic (exact) mass is 514 g/mol. The molecular formula is C32H54N2O3. The average molecular weight is 515 g/mol. The summed E-state index contributed by atoms with van der Waals surface area (Å²) in [5.74, 6) is 4.16. The van der Waals surface area contributed by atoms with Gasteiger partial charge in [-0.05, 0) is 112 Å². The molecule has 5 nitrogen and oxygen atoms in total. The number of carbonyl (C=O) groups is 1. The molecule has 0 aromatic carbocycles. The second-order valence-corrected chi connectivity index (χ2v) is 15.5. The third-order valence-corrected chi connectivity index (χ3v) is 13.7. The zero-order valence-corrected chi connectivity index (χ0v) is 24.8. The molecule has 0 aromatic rings. The molecular weight excluding hydrogens is 460 g/mol. The van der Waals surface area contributed by atoms with Gasteiger partial charge in [0.25, 0.3) is 0 Å². The summed E-state index contributed by atoms with van der Waals surface area (Å²) in [6.45, 7) is 14.0. The number of likely N-dealkylation sites (N-methyl/N-ethyl adjacent to an activating group) is 1. The highest BCUT2D eigenvalue weighted by Crippen LogP contribution is 2.75. The maximum absolute atomic E-state index is 12.5. The van der Waals surface area contributed by atoms with Gasteiger partial charge < -0.3 is 19.7 Å². The summed E-state index contributed by atoms with van der Waals surface area (Å²) in [7, 11) is 3.95. The minimum absolute atomic E-state index is 0.190. The Kier molecular flexibility index (Phi) is 6.41. The third-order valence-electron chi connectivity index (χ3n) is 13.7. The zero-order chi connectivity index (χ0) is 26.4. The van der Waals surface area contributed by atoms with Crippen molar-refractivity contribution < 1.29 is 14.3 Å². The van der Waals surface area contributed by atoms with Crippen molar-refractivity contribution in [2.75, 3.05) is 27.2 Å².